The van der Waals surface area contributed by atoms with Crippen LogP contribution in [0, 0.1) is 0 Å². The smallest absolute Gasteiger partial charge is 0.119 e. The van der Waals surface area contributed by atoms with Crippen molar-refractivity contribution in [3.05, 3.63) is 29.3 Å². The average Bonchev–Trinajstić information content (AvgIpc) is 2.39. The number of methoxy groups -OCH3 is 1. The number of hydrogen-bond acceptors (Lipinski definition) is 1. The van der Waals surface area contributed by atoms with Crippen LogP contribution in [-0.4, -0.2) is 13.0 Å². The molecule has 0 bridgehead atoms. The van der Waals surface area contributed by atoms with Gasteiger partial charge in [0.2, 0.25) is 0 Å². The number of aryl methyl sites for hydroxylation is 1. The Balaban J connectivity index is 2.11. The van der Waals surface area contributed by atoms with E-state index in [9.17, 15) is 0 Å². The standard InChI is InChI=1S/C15H21ClO/c1-17-14-9-8-13-7-4-6-12(15(13)11-14)5-2-3-10-16/h8-9,11-12H,2-7,10H2,1H3. The first kappa shape index (κ1) is 12.8. The molecule has 2 rings (SSSR count). The van der Waals surface area contributed by atoms with Gasteiger partial charge in [-0.1, -0.05) is 12.5 Å². The molecule has 0 spiro atoms. The third-order valence-corrected chi connectivity index (χ3v) is 4.00. The van der Waals surface area contributed by atoms with E-state index in [4.69, 9.17) is 16.3 Å². The van der Waals surface area contributed by atoms with Gasteiger partial charge in [0.25, 0.3) is 0 Å². The van der Waals surface area contributed by atoms with Crippen LogP contribution < -0.4 is 4.74 Å². The van der Waals surface area contributed by atoms with Crippen molar-refractivity contribution in [2.45, 2.75) is 44.4 Å². The van der Waals surface area contributed by atoms with Crippen LogP contribution >= 0.6 is 11.6 Å². The van der Waals surface area contributed by atoms with Crippen LogP contribution in [0.4, 0.5) is 0 Å². The lowest BCUT2D eigenvalue weighted by Gasteiger charge is -2.26. The van der Waals surface area contributed by atoms with Crippen molar-refractivity contribution in [2.24, 2.45) is 0 Å². The Morgan fingerprint density at radius 3 is 3.00 bits per heavy atom. The molecule has 1 aromatic rings. The maximum atomic E-state index is 5.75. The van der Waals surface area contributed by atoms with E-state index in [-0.39, 0.29) is 0 Å². The number of hydrogen-bond donors (Lipinski definition) is 0. The highest BCUT2D eigenvalue weighted by atomic mass is 35.5. The minimum atomic E-state index is 0.720. The quantitative estimate of drug-likeness (QED) is 0.553. The largest absolute Gasteiger partial charge is 0.497 e. The molecule has 0 saturated carbocycles. The third-order valence-electron chi connectivity index (χ3n) is 3.73. The van der Waals surface area contributed by atoms with E-state index in [1.54, 1.807) is 7.11 Å². The molecular weight excluding hydrogens is 232 g/mol. The van der Waals surface area contributed by atoms with E-state index in [0.29, 0.717) is 0 Å². The normalized spacial score (nSPS) is 18.8. The zero-order valence-corrected chi connectivity index (χ0v) is 11.3. The van der Waals surface area contributed by atoms with Crippen LogP contribution in [0.5, 0.6) is 5.75 Å². The highest BCUT2D eigenvalue weighted by molar-refractivity contribution is 6.17. The van der Waals surface area contributed by atoms with Crippen molar-refractivity contribution < 1.29 is 4.74 Å². The Bertz CT molecular complexity index is 362. The van der Waals surface area contributed by atoms with Gasteiger partial charge in [-0.3, -0.25) is 0 Å². The zero-order valence-electron chi connectivity index (χ0n) is 10.5. The molecular formula is C15H21ClO. The first-order valence-electron chi connectivity index (χ1n) is 6.58. The number of ether oxygens (including phenoxy) is 1. The van der Waals surface area contributed by atoms with Gasteiger partial charge in [-0.2, -0.15) is 0 Å². The van der Waals surface area contributed by atoms with E-state index in [1.807, 2.05) is 0 Å². The van der Waals surface area contributed by atoms with Gasteiger partial charge >= 0.3 is 0 Å². The predicted octanol–water partition coefficient (Wildman–Crippen LogP) is 4.52. The summed E-state index contributed by atoms with van der Waals surface area (Å²) >= 11 is 5.75. The van der Waals surface area contributed by atoms with Gasteiger partial charge in [0.1, 0.15) is 5.75 Å². The lowest BCUT2D eigenvalue weighted by Crippen LogP contribution is -2.10. The molecule has 1 nitrogen and oxygen atoms in total. The van der Waals surface area contributed by atoms with Gasteiger partial charge in [0.15, 0.2) is 0 Å². The molecule has 0 aliphatic heterocycles. The monoisotopic (exact) mass is 252 g/mol. The fraction of sp³-hybridized carbons (Fsp3) is 0.600. The number of alkyl halides is 1. The number of benzene rings is 1. The van der Waals surface area contributed by atoms with Gasteiger partial charge in [0, 0.05) is 5.88 Å². The summed E-state index contributed by atoms with van der Waals surface area (Å²) in [5.74, 6) is 2.50. The molecule has 0 heterocycles. The van der Waals surface area contributed by atoms with Crippen LogP contribution in [0.15, 0.2) is 18.2 Å². The Morgan fingerprint density at radius 1 is 1.35 bits per heavy atom. The van der Waals surface area contributed by atoms with Crippen LogP contribution in [0.1, 0.15) is 49.1 Å². The van der Waals surface area contributed by atoms with Crippen molar-refractivity contribution >= 4 is 11.6 Å². The maximum Gasteiger partial charge on any atom is 0.119 e. The summed E-state index contributed by atoms with van der Waals surface area (Å²) in [5.41, 5.74) is 3.04. The van der Waals surface area contributed by atoms with E-state index in [2.05, 4.69) is 18.2 Å². The Labute approximate surface area is 109 Å². The van der Waals surface area contributed by atoms with Crippen molar-refractivity contribution in [1.29, 1.82) is 0 Å². The van der Waals surface area contributed by atoms with Crippen molar-refractivity contribution in [2.75, 3.05) is 13.0 Å². The highest BCUT2D eigenvalue weighted by Gasteiger charge is 2.20. The molecule has 0 fully saturated rings. The second-order valence-electron chi connectivity index (χ2n) is 4.84. The average molecular weight is 253 g/mol. The molecule has 2 heteroatoms. The summed E-state index contributed by atoms with van der Waals surface area (Å²) in [6, 6.07) is 6.56. The molecule has 1 atom stereocenters. The summed E-state index contributed by atoms with van der Waals surface area (Å²) in [4.78, 5) is 0. The molecule has 0 amide bonds. The molecule has 0 N–H and O–H groups in total. The molecule has 1 aliphatic rings. The zero-order chi connectivity index (χ0) is 12.1. The summed E-state index contributed by atoms with van der Waals surface area (Å²) in [6.07, 6.45) is 7.52. The minimum absolute atomic E-state index is 0.720. The number of unbranched alkanes of at least 4 members (excludes halogenated alkanes) is 1. The lowest BCUT2D eigenvalue weighted by molar-refractivity contribution is 0.411. The molecule has 0 radical (unpaired) electrons. The Hall–Kier alpha value is -0.690. The van der Waals surface area contributed by atoms with Crippen molar-refractivity contribution in [1.82, 2.24) is 0 Å². The molecule has 1 unspecified atom stereocenters. The van der Waals surface area contributed by atoms with Gasteiger partial charge in [-0.05, 0) is 61.3 Å². The molecule has 0 aromatic heterocycles. The molecule has 0 saturated heterocycles. The predicted molar refractivity (Wildman–Crippen MR) is 73.2 cm³/mol. The van der Waals surface area contributed by atoms with Gasteiger partial charge in [0.05, 0.1) is 7.11 Å². The van der Waals surface area contributed by atoms with Crippen LogP contribution in [-0.2, 0) is 6.42 Å². The first-order valence-corrected chi connectivity index (χ1v) is 7.11. The minimum Gasteiger partial charge on any atom is -0.497 e. The SMILES string of the molecule is COc1ccc2c(c1)C(CCCCCl)CCC2. The fourth-order valence-corrected chi connectivity index (χ4v) is 2.98. The van der Waals surface area contributed by atoms with Crippen LogP contribution in [0.2, 0.25) is 0 Å². The van der Waals surface area contributed by atoms with E-state index >= 15 is 0 Å². The first-order chi connectivity index (χ1) is 8.35. The van der Waals surface area contributed by atoms with Crippen LogP contribution in [0.25, 0.3) is 0 Å². The highest BCUT2D eigenvalue weighted by Crippen LogP contribution is 2.36. The summed E-state index contributed by atoms with van der Waals surface area (Å²) in [5, 5.41) is 0. The number of rotatable bonds is 5. The Kier molecular flexibility index (Phi) is 4.73. The maximum absolute atomic E-state index is 5.75. The molecule has 1 aliphatic carbocycles. The Morgan fingerprint density at radius 2 is 2.24 bits per heavy atom. The second-order valence-corrected chi connectivity index (χ2v) is 5.22. The summed E-state index contributed by atoms with van der Waals surface area (Å²) in [7, 11) is 1.74. The third kappa shape index (κ3) is 3.16. The van der Waals surface area contributed by atoms with E-state index < -0.39 is 0 Å². The van der Waals surface area contributed by atoms with Gasteiger partial charge in [-0.25, -0.2) is 0 Å². The molecule has 17 heavy (non-hydrogen) atoms. The van der Waals surface area contributed by atoms with E-state index in [1.165, 1.54) is 43.2 Å². The molecule has 94 valence electrons. The fourth-order valence-electron chi connectivity index (χ4n) is 2.79. The summed E-state index contributed by atoms with van der Waals surface area (Å²) < 4.78 is 5.33. The van der Waals surface area contributed by atoms with Gasteiger partial charge in [-0.15, -0.1) is 11.6 Å². The van der Waals surface area contributed by atoms with Gasteiger partial charge < -0.3 is 4.74 Å². The number of halogens is 1. The van der Waals surface area contributed by atoms with Crippen molar-refractivity contribution in [3.63, 3.8) is 0 Å². The van der Waals surface area contributed by atoms with Crippen molar-refractivity contribution in [3.8, 4) is 5.75 Å². The second kappa shape index (κ2) is 6.30. The van der Waals surface area contributed by atoms with E-state index in [0.717, 1.165) is 24.0 Å². The molecule has 1 aromatic carbocycles. The number of fused-ring (bicyclic) bond motifs is 1. The topological polar surface area (TPSA) is 9.23 Å². The van der Waals surface area contributed by atoms with Crippen LogP contribution in [0.3, 0.4) is 0 Å². The summed E-state index contributed by atoms with van der Waals surface area (Å²) in [6.45, 7) is 0. The lowest BCUT2D eigenvalue weighted by atomic mass is 9.80.